The van der Waals surface area contributed by atoms with Crippen LogP contribution >= 0.6 is 0 Å². The molecule has 1 amide bonds. The summed E-state index contributed by atoms with van der Waals surface area (Å²) in [5.74, 6) is 0.385. The van der Waals surface area contributed by atoms with Crippen LogP contribution in [0.25, 0.3) is 0 Å². The number of likely N-dealkylation sites (N-methyl/N-ethyl adjacent to an activating group) is 1. The molecule has 0 aliphatic rings. The van der Waals surface area contributed by atoms with Crippen LogP contribution < -0.4 is 15.6 Å². The highest BCUT2D eigenvalue weighted by atomic mass is 16.5. The molecule has 0 fully saturated rings. The molecule has 6 heteroatoms. The predicted molar refractivity (Wildman–Crippen MR) is 93.6 cm³/mol. The summed E-state index contributed by atoms with van der Waals surface area (Å²) in [5.41, 5.74) is 1.39. The fraction of sp³-hybridized carbons (Fsp3) is 0.333. The number of nitrogens with one attached hydrogen (secondary N) is 2. The van der Waals surface area contributed by atoms with Gasteiger partial charge in [0.1, 0.15) is 11.3 Å². The lowest BCUT2D eigenvalue weighted by Gasteiger charge is -2.26. The number of hydrogen-bond acceptors (Lipinski definition) is 4. The van der Waals surface area contributed by atoms with Gasteiger partial charge in [0, 0.05) is 18.3 Å². The monoisotopic (exact) mass is 329 g/mol. The molecule has 1 heterocycles. The van der Waals surface area contributed by atoms with E-state index in [1.807, 2.05) is 43.3 Å². The Kier molecular flexibility index (Phi) is 5.76. The van der Waals surface area contributed by atoms with E-state index in [-0.39, 0.29) is 23.1 Å². The standard InChI is InChI=1S/C18H23N3O3/c1-12-9-10-19-17(22)16(12)18(23)20-11-14(21(2)3)13-7-5-6-8-15(13)24-4/h5-10,14H,11H2,1-4H3,(H,19,22)(H,20,23)/t14-/m0/s1. The Morgan fingerprint density at radius 2 is 2.00 bits per heavy atom. The largest absolute Gasteiger partial charge is 0.496 e. The number of ether oxygens (including phenoxy) is 1. The van der Waals surface area contributed by atoms with Crippen LogP contribution in [0.5, 0.6) is 5.75 Å². The number of para-hydroxylation sites is 1. The topological polar surface area (TPSA) is 74.4 Å². The van der Waals surface area contributed by atoms with E-state index in [1.54, 1.807) is 20.1 Å². The van der Waals surface area contributed by atoms with Crippen molar-refractivity contribution in [1.29, 1.82) is 0 Å². The smallest absolute Gasteiger partial charge is 0.261 e. The second-order valence-corrected chi connectivity index (χ2v) is 5.80. The zero-order chi connectivity index (χ0) is 17.7. The van der Waals surface area contributed by atoms with Gasteiger partial charge >= 0.3 is 0 Å². The molecule has 0 radical (unpaired) electrons. The Morgan fingerprint density at radius 3 is 2.62 bits per heavy atom. The predicted octanol–water partition coefficient (Wildman–Crippen LogP) is 1.72. The molecular formula is C18H23N3O3. The number of rotatable bonds is 6. The van der Waals surface area contributed by atoms with Gasteiger partial charge in [-0.15, -0.1) is 0 Å². The maximum atomic E-state index is 12.4. The third kappa shape index (κ3) is 3.83. The Morgan fingerprint density at radius 1 is 1.29 bits per heavy atom. The fourth-order valence-corrected chi connectivity index (χ4v) is 2.65. The van der Waals surface area contributed by atoms with Gasteiger partial charge in [-0.3, -0.25) is 9.59 Å². The van der Waals surface area contributed by atoms with E-state index in [0.29, 0.717) is 12.1 Å². The van der Waals surface area contributed by atoms with Crippen LogP contribution in [0.3, 0.4) is 0 Å². The zero-order valence-electron chi connectivity index (χ0n) is 14.4. The van der Waals surface area contributed by atoms with Crippen LogP contribution in [0, 0.1) is 6.92 Å². The van der Waals surface area contributed by atoms with E-state index < -0.39 is 0 Å². The van der Waals surface area contributed by atoms with Crippen molar-refractivity contribution >= 4 is 5.91 Å². The molecule has 1 aromatic carbocycles. The van der Waals surface area contributed by atoms with Gasteiger partial charge in [0.05, 0.1) is 13.2 Å². The maximum absolute atomic E-state index is 12.4. The summed E-state index contributed by atoms with van der Waals surface area (Å²) in [6, 6.07) is 9.33. The molecule has 0 aliphatic heterocycles. The van der Waals surface area contributed by atoms with E-state index in [2.05, 4.69) is 10.3 Å². The van der Waals surface area contributed by atoms with Crippen molar-refractivity contribution in [2.24, 2.45) is 0 Å². The second-order valence-electron chi connectivity index (χ2n) is 5.80. The Labute approximate surface area is 141 Å². The first-order valence-electron chi connectivity index (χ1n) is 7.71. The first-order valence-corrected chi connectivity index (χ1v) is 7.71. The van der Waals surface area contributed by atoms with Crippen molar-refractivity contribution in [3.05, 3.63) is 63.6 Å². The van der Waals surface area contributed by atoms with Crippen LogP contribution in [0.2, 0.25) is 0 Å². The van der Waals surface area contributed by atoms with Gasteiger partial charge in [-0.25, -0.2) is 0 Å². The number of methoxy groups -OCH3 is 1. The number of carbonyl (C=O) groups excluding carboxylic acids is 1. The Hall–Kier alpha value is -2.60. The summed E-state index contributed by atoms with van der Waals surface area (Å²) in [4.78, 5) is 28.8. The lowest BCUT2D eigenvalue weighted by atomic mass is 10.0. The number of aromatic amines is 1. The molecule has 128 valence electrons. The first-order chi connectivity index (χ1) is 11.5. The van der Waals surface area contributed by atoms with Crippen molar-refractivity contribution in [3.63, 3.8) is 0 Å². The summed E-state index contributed by atoms with van der Waals surface area (Å²) in [6.45, 7) is 2.10. The molecule has 0 saturated carbocycles. The lowest BCUT2D eigenvalue weighted by Crippen LogP contribution is -2.37. The van der Waals surface area contributed by atoms with E-state index in [4.69, 9.17) is 4.74 Å². The minimum Gasteiger partial charge on any atom is -0.496 e. The van der Waals surface area contributed by atoms with Crippen molar-refractivity contribution in [2.45, 2.75) is 13.0 Å². The molecule has 0 unspecified atom stereocenters. The molecular weight excluding hydrogens is 306 g/mol. The third-order valence-electron chi connectivity index (χ3n) is 3.97. The molecule has 0 bridgehead atoms. The fourth-order valence-electron chi connectivity index (χ4n) is 2.65. The van der Waals surface area contributed by atoms with E-state index in [9.17, 15) is 9.59 Å². The molecule has 1 aromatic heterocycles. The van der Waals surface area contributed by atoms with Gasteiger partial charge in [-0.05, 0) is 38.7 Å². The minimum atomic E-state index is -0.383. The lowest BCUT2D eigenvalue weighted by molar-refractivity contribution is 0.0939. The zero-order valence-corrected chi connectivity index (χ0v) is 14.4. The number of benzene rings is 1. The number of carbonyl (C=O) groups is 1. The molecule has 6 nitrogen and oxygen atoms in total. The second kappa shape index (κ2) is 7.79. The number of pyridine rings is 1. The van der Waals surface area contributed by atoms with Gasteiger partial charge in [0.15, 0.2) is 0 Å². The van der Waals surface area contributed by atoms with Gasteiger partial charge in [-0.2, -0.15) is 0 Å². The van der Waals surface area contributed by atoms with Crippen LogP contribution in [0.15, 0.2) is 41.3 Å². The van der Waals surface area contributed by atoms with Gasteiger partial charge < -0.3 is 19.9 Å². The average molecular weight is 329 g/mol. The molecule has 24 heavy (non-hydrogen) atoms. The summed E-state index contributed by atoms with van der Waals surface area (Å²) in [6.07, 6.45) is 1.53. The SMILES string of the molecule is COc1ccccc1[C@H](CNC(=O)c1c(C)cc[nH]c1=O)N(C)C. The van der Waals surface area contributed by atoms with Crippen molar-refractivity contribution in [1.82, 2.24) is 15.2 Å². The van der Waals surface area contributed by atoms with Crippen LogP contribution in [0.4, 0.5) is 0 Å². The Balaban J connectivity index is 2.21. The molecule has 2 aromatic rings. The molecule has 0 saturated heterocycles. The molecule has 2 N–H and O–H groups in total. The van der Waals surface area contributed by atoms with Crippen molar-refractivity contribution in [3.8, 4) is 5.75 Å². The van der Waals surface area contributed by atoms with E-state index in [1.165, 1.54) is 6.20 Å². The van der Waals surface area contributed by atoms with E-state index in [0.717, 1.165) is 11.3 Å². The maximum Gasteiger partial charge on any atom is 0.261 e. The molecule has 2 rings (SSSR count). The number of aryl methyl sites for hydroxylation is 1. The number of amides is 1. The molecule has 1 atom stereocenters. The number of H-pyrrole nitrogens is 1. The first kappa shape index (κ1) is 17.7. The normalized spacial score (nSPS) is 12.0. The molecule has 0 aliphatic carbocycles. The highest BCUT2D eigenvalue weighted by Crippen LogP contribution is 2.27. The summed E-state index contributed by atoms with van der Waals surface area (Å²) in [7, 11) is 5.49. The number of aromatic nitrogens is 1. The van der Waals surface area contributed by atoms with Crippen LogP contribution in [-0.2, 0) is 0 Å². The van der Waals surface area contributed by atoms with E-state index >= 15 is 0 Å². The highest BCUT2D eigenvalue weighted by Gasteiger charge is 2.20. The Bertz CT molecular complexity index is 768. The highest BCUT2D eigenvalue weighted by molar-refractivity contribution is 5.95. The van der Waals surface area contributed by atoms with Crippen LogP contribution in [0.1, 0.15) is 27.5 Å². The summed E-state index contributed by atoms with van der Waals surface area (Å²) < 4.78 is 5.41. The van der Waals surface area contributed by atoms with Gasteiger partial charge in [0.2, 0.25) is 0 Å². The number of nitrogens with zero attached hydrogens (tertiary/aromatic N) is 1. The summed E-state index contributed by atoms with van der Waals surface area (Å²) >= 11 is 0. The third-order valence-corrected chi connectivity index (χ3v) is 3.97. The van der Waals surface area contributed by atoms with Crippen LogP contribution in [-0.4, -0.2) is 43.5 Å². The minimum absolute atomic E-state index is 0.0757. The molecule has 0 spiro atoms. The van der Waals surface area contributed by atoms with Crippen molar-refractivity contribution < 1.29 is 9.53 Å². The van der Waals surface area contributed by atoms with Gasteiger partial charge in [0.25, 0.3) is 11.5 Å². The summed E-state index contributed by atoms with van der Waals surface area (Å²) in [5, 5.41) is 2.86. The quantitative estimate of drug-likeness (QED) is 0.846. The average Bonchev–Trinajstić information content (AvgIpc) is 2.55. The number of hydrogen-bond donors (Lipinski definition) is 2. The van der Waals surface area contributed by atoms with Crippen molar-refractivity contribution in [2.75, 3.05) is 27.7 Å². The van der Waals surface area contributed by atoms with Gasteiger partial charge in [-0.1, -0.05) is 18.2 Å².